The standard InChI is InChI=1S/C15H26O/c1-5-6-7-8-9-10-11-12-13-14(16)15(2,3)4/h11,13H,5-10H2,1-4H3. The van der Waals surface area contributed by atoms with Crippen LogP contribution in [0.2, 0.25) is 0 Å². The molecule has 0 heterocycles. The molecule has 0 aliphatic carbocycles. The van der Waals surface area contributed by atoms with Gasteiger partial charge in [0.15, 0.2) is 5.78 Å². The van der Waals surface area contributed by atoms with Crippen molar-refractivity contribution < 1.29 is 4.79 Å². The van der Waals surface area contributed by atoms with Crippen molar-refractivity contribution in [1.29, 1.82) is 0 Å². The molecule has 0 aliphatic rings. The summed E-state index contributed by atoms with van der Waals surface area (Å²) in [7, 11) is 0. The van der Waals surface area contributed by atoms with Crippen molar-refractivity contribution in [2.24, 2.45) is 5.41 Å². The van der Waals surface area contributed by atoms with Gasteiger partial charge < -0.3 is 0 Å². The fourth-order valence-electron chi connectivity index (χ4n) is 1.28. The highest BCUT2D eigenvalue weighted by Gasteiger charge is 2.17. The Morgan fingerprint density at radius 1 is 1.12 bits per heavy atom. The molecule has 0 rings (SSSR count). The number of rotatable bonds is 7. The van der Waals surface area contributed by atoms with Gasteiger partial charge in [0.05, 0.1) is 0 Å². The van der Waals surface area contributed by atoms with Crippen LogP contribution in [0.15, 0.2) is 17.9 Å². The second-order valence-corrected chi connectivity index (χ2v) is 5.33. The van der Waals surface area contributed by atoms with E-state index in [0.717, 1.165) is 6.42 Å². The molecular weight excluding hydrogens is 196 g/mol. The molecule has 0 amide bonds. The van der Waals surface area contributed by atoms with Gasteiger partial charge in [-0.15, -0.1) is 5.73 Å². The molecule has 0 bridgehead atoms. The zero-order valence-electron chi connectivity index (χ0n) is 11.3. The first-order valence-electron chi connectivity index (χ1n) is 6.44. The van der Waals surface area contributed by atoms with Crippen LogP contribution < -0.4 is 0 Å². The van der Waals surface area contributed by atoms with Gasteiger partial charge in [0, 0.05) is 11.5 Å². The Hall–Kier alpha value is -0.810. The number of carbonyl (C=O) groups is 1. The van der Waals surface area contributed by atoms with E-state index in [9.17, 15) is 4.79 Å². The third kappa shape index (κ3) is 8.49. The number of unbranched alkanes of at least 4 members (excludes halogenated alkanes) is 5. The molecule has 16 heavy (non-hydrogen) atoms. The highest BCUT2D eigenvalue weighted by molar-refractivity contribution is 5.93. The van der Waals surface area contributed by atoms with Crippen LogP contribution in [0.1, 0.15) is 66.2 Å². The van der Waals surface area contributed by atoms with Crippen molar-refractivity contribution in [3.05, 3.63) is 17.9 Å². The maximum absolute atomic E-state index is 11.5. The molecule has 0 aliphatic heterocycles. The van der Waals surface area contributed by atoms with Crippen LogP contribution in [0.5, 0.6) is 0 Å². The van der Waals surface area contributed by atoms with E-state index < -0.39 is 0 Å². The minimum atomic E-state index is -0.276. The zero-order chi connectivity index (χ0) is 12.4. The van der Waals surface area contributed by atoms with E-state index in [2.05, 4.69) is 12.7 Å². The third-order valence-corrected chi connectivity index (χ3v) is 2.52. The van der Waals surface area contributed by atoms with Crippen LogP contribution in [0.25, 0.3) is 0 Å². The number of hydrogen-bond donors (Lipinski definition) is 0. The summed E-state index contributed by atoms with van der Waals surface area (Å²) >= 11 is 0. The lowest BCUT2D eigenvalue weighted by molar-refractivity contribution is -0.121. The minimum absolute atomic E-state index is 0.148. The lowest BCUT2D eigenvalue weighted by Crippen LogP contribution is -2.16. The van der Waals surface area contributed by atoms with Crippen molar-refractivity contribution >= 4 is 5.78 Å². The van der Waals surface area contributed by atoms with E-state index in [4.69, 9.17) is 0 Å². The van der Waals surface area contributed by atoms with E-state index in [1.54, 1.807) is 6.08 Å². The van der Waals surface area contributed by atoms with Crippen LogP contribution in [-0.2, 0) is 4.79 Å². The summed E-state index contributed by atoms with van der Waals surface area (Å²) in [4.78, 5) is 11.5. The van der Waals surface area contributed by atoms with Gasteiger partial charge >= 0.3 is 0 Å². The summed E-state index contributed by atoms with van der Waals surface area (Å²) in [6.45, 7) is 8.01. The molecule has 0 aromatic rings. The maximum Gasteiger partial charge on any atom is 0.168 e. The normalized spacial score (nSPS) is 10.8. The molecule has 0 aromatic carbocycles. The van der Waals surface area contributed by atoms with Crippen LogP contribution in [-0.4, -0.2) is 5.78 Å². The van der Waals surface area contributed by atoms with Gasteiger partial charge in [-0.2, -0.15) is 0 Å². The third-order valence-electron chi connectivity index (χ3n) is 2.52. The molecule has 92 valence electrons. The summed E-state index contributed by atoms with van der Waals surface area (Å²) in [6.07, 6.45) is 11.1. The number of allylic oxidation sites excluding steroid dienone is 1. The van der Waals surface area contributed by atoms with E-state index in [0.29, 0.717) is 0 Å². The van der Waals surface area contributed by atoms with Gasteiger partial charge in [0.25, 0.3) is 0 Å². The lowest BCUT2D eigenvalue weighted by Gasteiger charge is -2.11. The molecule has 0 spiro atoms. The van der Waals surface area contributed by atoms with Crippen LogP contribution in [0, 0.1) is 5.41 Å². The lowest BCUT2D eigenvalue weighted by atomic mass is 9.91. The first-order valence-corrected chi connectivity index (χ1v) is 6.44. The first kappa shape index (κ1) is 15.2. The second-order valence-electron chi connectivity index (χ2n) is 5.33. The molecule has 0 fully saturated rings. The molecule has 0 aromatic heterocycles. The summed E-state index contributed by atoms with van der Waals surface area (Å²) in [5.74, 6) is 0.148. The fraction of sp³-hybridized carbons (Fsp3) is 0.733. The highest BCUT2D eigenvalue weighted by Crippen LogP contribution is 2.14. The number of ketones is 1. The van der Waals surface area contributed by atoms with E-state index >= 15 is 0 Å². The summed E-state index contributed by atoms with van der Waals surface area (Å²) in [5, 5.41) is 0. The van der Waals surface area contributed by atoms with Gasteiger partial charge in [-0.1, -0.05) is 53.4 Å². The van der Waals surface area contributed by atoms with Gasteiger partial charge in [0.1, 0.15) is 0 Å². The predicted molar refractivity (Wildman–Crippen MR) is 70.5 cm³/mol. The molecule has 0 N–H and O–H groups in total. The van der Waals surface area contributed by atoms with Gasteiger partial charge in [-0.05, 0) is 18.9 Å². The Labute approximate surface area is 101 Å². The summed E-state index contributed by atoms with van der Waals surface area (Å²) in [6, 6.07) is 0. The van der Waals surface area contributed by atoms with E-state index in [1.165, 1.54) is 32.1 Å². The quantitative estimate of drug-likeness (QED) is 0.347. The van der Waals surface area contributed by atoms with Crippen LogP contribution >= 0.6 is 0 Å². The first-order chi connectivity index (χ1) is 7.48. The molecule has 1 nitrogen and oxygen atoms in total. The van der Waals surface area contributed by atoms with Crippen molar-refractivity contribution in [2.75, 3.05) is 0 Å². The average Bonchev–Trinajstić information content (AvgIpc) is 2.20. The summed E-state index contributed by atoms with van der Waals surface area (Å²) < 4.78 is 0. The highest BCUT2D eigenvalue weighted by atomic mass is 16.1. The number of carbonyl (C=O) groups excluding carboxylic acids is 1. The Morgan fingerprint density at radius 2 is 1.75 bits per heavy atom. The Kier molecular flexibility index (Phi) is 7.93. The van der Waals surface area contributed by atoms with E-state index in [1.807, 2.05) is 26.8 Å². The molecular formula is C15H26O. The maximum atomic E-state index is 11.5. The number of hydrogen-bond acceptors (Lipinski definition) is 1. The van der Waals surface area contributed by atoms with E-state index in [-0.39, 0.29) is 11.2 Å². The van der Waals surface area contributed by atoms with Gasteiger partial charge in [-0.25, -0.2) is 0 Å². The van der Waals surface area contributed by atoms with Gasteiger partial charge in [-0.3, -0.25) is 4.79 Å². The van der Waals surface area contributed by atoms with Crippen molar-refractivity contribution in [3.63, 3.8) is 0 Å². The van der Waals surface area contributed by atoms with Crippen molar-refractivity contribution in [1.82, 2.24) is 0 Å². The zero-order valence-corrected chi connectivity index (χ0v) is 11.3. The Bertz CT molecular complexity index is 249. The molecule has 0 unspecified atom stereocenters. The van der Waals surface area contributed by atoms with Gasteiger partial charge in [0.2, 0.25) is 0 Å². The van der Waals surface area contributed by atoms with Crippen LogP contribution in [0.4, 0.5) is 0 Å². The Morgan fingerprint density at radius 3 is 2.31 bits per heavy atom. The molecule has 1 heteroatoms. The average molecular weight is 222 g/mol. The SMILES string of the molecule is CCCCCCCC=C=CC(=O)C(C)(C)C. The fourth-order valence-corrected chi connectivity index (χ4v) is 1.28. The Balaban J connectivity index is 3.68. The molecule has 0 radical (unpaired) electrons. The minimum Gasteiger partial charge on any atom is -0.294 e. The predicted octanol–water partition coefficient (Wildman–Crippen LogP) is 4.67. The second kappa shape index (κ2) is 8.35. The van der Waals surface area contributed by atoms with Crippen molar-refractivity contribution in [2.45, 2.75) is 66.2 Å². The van der Waals surface area contributed by atoms with Crippen molar-refractivity contribution in [3.8, 4) is 0 Å². The van der Waals surface area contributed by atoms with Crippen LogP contribution in [0.3, 0.4) is 0 Å². The smallest absolute Gasteiger partial charge is 0.168 e. The molecule has 0 atom stereocenters. The largest absolute Gasteiger partial charge is 0.294 e. The molecule has 0 saturated heterocycles. The topological polar surface area (TPSA) is 17.1 Å². The monoisotopic (exact) mass is 222 g/mol. The summed E-state index contributed by atoms with van der Waals surface area (Å²) in [5.41, 5.74) is 2.71. The molecule has 0 saturated carbocycles.